The summed E-state index contributed by atoms with van der Waals surface area (Å²) >= 11 is 1.41. The Labute approximate surface area is 180 Å². The Balaban J connectivity index is 1.62. The maximum Gasteiger partial charge on any atom is 0.329 e. The van der Waals surface area contributed by atoms with E-state index in [1.54, 1.807) is 18.1 Å². The summed E-state index contributed by atoms with van der Waals surface area (Å²) in [5.74, 6) is -0.434. The summed E-state index contributed by atoms with van der Waals surface area (Å²) in [4.78, 5) is 33.2. The summed E-state index contributed by atoms with van der Waals surface area (Å²) in [5, 5.41) is 4.27. The lowest BCUT2D eigenvalue weighted by molar-refractivity contribution is -0.166. The number of imidazole rings is 1. The number of carbonyl (C=O) groups excluding carboxylic acids is 2. The molecule has 8 heteroatoms. The lowest BCUT2D eigenvalue weighted by Crippen LogP contribution is -2.51. The summed E-state index contributed by atoms with van der Waals surface area (Å²) in [6, 6.07) is 5.24. The van der Waals surface area contributed by atoms with Crippen molar-refractivity contribution in [3.63, 3.8) is 0 Å². The van der Waals surface area contributed by atoms with E-state index in [0.29, 0.717) is 4.91 Å². The predicted octanol–water partition coefficient (Wildman–Crippen LogP) is 2.95. The van der Waals surface area contributed by atoms with Crippen molar-refractivity contribution in [3.05, 3.63) is 35.0 Å². The standard InChI is InChI=1S/C22H28N4O3S/c1-22(2,3)29-21(28)19(14-8-10-23-11-9-14)25(4)20(27)16-12-15-13-24-17-6-5-7-18(30-16)26(15)17/h5-7,12-14,19,23H,8-11H2,1-4H3. The highest BCUT2D eigenvalue weighted by Gasteiger charge is 2.39. The fraction of sp³-hybridized carbons (Fsp3) is 0.500. The summed E-state index contributed by atoms with van der Waals surface area (Å²) in [6.45, 7) is 7.24. The number of nitrogens with zero attached hydrogens (tertiary/aromatic N) is 3. The van der Waals surface area contributed by atoms with Gasteiger partial charge < -0.3 is 15.0 Å². The Morgan fingerprint density at radius 2 is 2.03 bits per heavy atom. The van der Waals surface area contributed by atoms with Crippen LogP contribution in [-0.4, -0.2) is 57.9 Å². The van der Waals surface area contributed by atoms with E-state index in [1.807, 2.05) is 49.4 Å². The van der Waals surface area contributed by atoms with Crippen molar-refractivity contribution in [2.45, 2.75) is 50.3 Å². The molecule has 1 unspecified atom stereocenters. The van der Waals surface area contributed by atoms with E-state index in [4.69, 9.17) is 4.74 Å². The third kappa shape index (κ3) is 4.11. The first kappa shape index (κ1) is 20.9. The van der Waals surface area contributed by atoms with E-state index in [0.717, 1.165) is 42.3 Å². The van der Waals surface area contributed by atoms with Gasteiger partial charge in [0.15, 0.2) is 0 Å². The Bertz CT molecular complexity index is 1000. The summed E-state index contributed by atoms with van der Waals surface area (Å²) in [5.41, 5.74) is 1.12. The van der Waals surface area contributed by atoms with E-state index in [1.165, 1.54) is 11.8 Å². The minimum atomic E-state index is -0.608. The zero-order valence-electron chi connectivity index (χ0n) is 17.8. The van der Waals surface area contributed by atoms with Crippen LogP contribution in [-0.2, 0) is 14.3 Å². The number of amides is 1. The van der Waals surface area contributed by atoms with Crippen molar-refractivity contribution in [1.82, 2.24) is 19.6 Å². The largest absolute Gasteiger partial charge is 0.458 e. The molecule has 0 bridgehead atoms. The van der Waals surface area contributed by atoms with Gasteiger partial charge in [-0.2, -0.15) is 0 Å². The number of carbonyl (C=O) groups is 2. The molecule has 4 heterocycles. The minimum absolute atomic E-state index is 0.0678. The van der Waals surface area contributed by atoms with Gasteiger partial charge in [-0.3, -0.25) is 9.20 Å². The van der Waals surface area contributed by atoms with Gasteiger partial charge in [0.05, 0.1) is 21.8 Å². The SMILES string of the molecule is CN(C(=O)C1=Cc2cnc3cccc(n23)S1)C(C(=O)OC(C)(C)C)C1CCNCC1. The van der Waals surface area contributed by atoms with Gasteiger partial charge in [0, 0.05) is 7.05 Å². The molecule has 2 aliphatic heterocycles. The van der Waals surface area contributed by atoms with Crippen molar-refractivity contribution in [3.8, 4) is 0 Å². The molecule has 1 fully saturated rings. The van der Waals surface area contributed by atoms with Crippen molar-refractivity contribution < 1.29 is 14.3 Å². The van der Waals surface area contributed by atoms with Crippen LogP contribution in [0.1, 0.15) is 39.3 Å². The fourth-order valence-electron chi connectivity index (χ4n) is 4.08. The van der Waals surface area contributed by atoms with Crippen LogP contribution >= 0.6 is 11.8 Å². The second kappa shape index (κ2) is 8.07. The van der Waals surface area contributed by atoms with Crippen LogP contribution in [0.25, 0.3) is 11.7 Å². The molecule has 1 amide bonds. The number of piperidine rings is 1. The van der Waals surface area contributed by atoms with Gasteiger partial charge in [0.2, 0.25) is 0 Å². The predicted molar refractivity (Wildman–Crippen MR) is 117 cm³/mol. The molecular formula is C22H28N4O3S. The van der Waals surface area contributed by atoms with E-state index < -0.39 is 11.6 Å². The molecule has 1 N–H and O–H groups in total. The lowest BCUT2D eigenvalue weighted by Gasteiger charge is -2.37. The van der Waals surface area contributed by atoms with Crippen LogP contribution in [0.3, 0.4) is 0 Å². The minimum Gasteiger partial charge on any atom is -0.458 e. The number of hydrogen-bond donors (Lipinski definition) is 1. The molecular weight excluding hydrogens is 400 g/mol. The molecule has 0 spiro atoms. The van der Waals surface area contributed by atoms with Crippen molar-refractivity contribution in [2.75, 3.05) is 20.1 Å². The van der Waals surface area contributed by atoms with Crippen LogP contribution in [0.2, 0.25) is 0 Å². The van der Waals surface area contributed by atoms with Gasteiger partial charge in [0.1, 0.15) is 17.3 Å². The molecule has 0 radical (unpaired) electrons. The molecule has 1 saturated heterocycles. The van der Waals surface area contributed by atoms with Gasteiger partial charge >= 0.3 is 5.97 Å². The average Bonchev–Trinajstić information content (AvgIpc) is 3.11. The number of likely N-dealkylation sites (N-methyl/N-ethyl adjacent to an activating group) is 1. The van der Waals surface area contributed by atoms with Gasteiger partial charge in [-0.1, -0.05) is 17.8 Å². The first-order valence-corrected chi connectivity index (χ1v) is 11.1. The van der Waals surface area contributed by atoms with Crippen LogP contribution in [0, 0.1) is 5.92 Å². The summed E-state index contributed by atoms with van der Waals surface area (Å²) < 4.78 is 7.74. The van der Waals surface area contributed by atoms with Crippen LogP contribution in [0.15, 0.2) is 34.3 Å². The van der Waals surface area contributed by atoms with Crippen LogP contribution in [0.5, 0.6) is 0 Å². The van der Waals surface area contributed by atoms with E-state index in [2.05, 4.69) is 10.3 Å². The number of aromatic nitrogens is 2. The molecule has 2 aliphatic rings. The zero-order valence-corrected chi connectivity index (χ0v) is 18.7. The zero-order chi connectivity index (χ0) is 21.5. The van der Waals surface area contributed by atoms with Crippen molar-refractivity contribution >= 4 is 35.4 Å². The Morgan fingerprint density at radius 3 is 2.73 bits per heavy atom. The van der Waals surface area contributed by atoms with Crippen LogP contribution < -0.4 is 5.32 Å². The van der Waals surface area contributed by atoms with Gasteiger partial charge in [-0.25, -0.2) is 9.78 Å². The number of rotatable bonds is 4. The number of pyridine rings is 1. The molecule has 0 aliphatic carbocycles. The maximum absolute atomic E-state index is 13.5. The topological polar surface area (TPSA) is 75.9 Å². The Morgan fingerprint density at radius 1 is 1.30 bits per heavy atom. The third-order valence-electron chi connectivity index (χ3n) is 5.44. The van der Waals surface area contributed by atoms with Gasteiger partial charge in [-0.15, -0.1) is 0 Å². The molecule has 2 aromatic heterocycles. The number of esters is 1. The molecule has 160 valence electrons. The highest BCUT2D eigenvalue weighted by Crippen LogP contribution is 2.36. The fourth-order valence-corrected chi connectivity index (χ4v) is 5.15. The van der Waals surface area contributed by atoms with Crippen LogP contribution in [0.4, 0.5) is 0 Å². The average molecular weight is 429 g/mol. The molecule has 7 nitrogen and oxygen atoms in total. The quantitative estimate of drug-likeness (QED) is 0.755. The first-order valence-electron chi connectivity index (χ1n) is 10.3. The van der Waals surface area contributed by atoms with Crippen molar-refractivity contribution in [2.24, 2.45) is 5.92 Å². The molecule has 0 saturated carbocycles. The lowest BCUT2D eigenvalue weighted by atomic mass is 9.89. The maximum atomic E-state index is 13.5. The number of hydrogen-bond acceptors (Lipinski definition) is 6. The Kier molecular flexibility index (Phi) is 5.63. The van der Waals surface area contributed by atoms with Gasteiger partial charge in [0.25, 0.3) is 5.91 Å². The number of ether oxygens (including phenoxy) is 1. The number of thioether (sulfide) groups is 1. The molecule has 1 atom stereocenters. The smallest absolute Gasteiger partial charge is 0.329 e. The monoisotopic (exact) mass is 428 g/mol. The first-order chi connectivity index (χ1) is 14.2. The van der Waals surface area contributed by atoms with Crippen molar-refractivity contribution in [1.29, 1.82) is 0 Å². The molecule has 30 heavy (non-hydrogen) atoms. The van der Waals surface area contributed by atoms with Gasteiger partial charge in [-0.05, 0) is 70.8 Å². The molecule has 4 rings (SSSR count). The Hall–Kier alpha value is -2.32. The molecule has 0 aromatic carbocycles. The summed E-state index contributed by atoms with van der Waals surface area (Å²) in [7, 11) is 1.72. The summed E-state index contributed by atoms with van der Waals surface area (Å²) in [6.07, 6.45) is 5.29. The highest BCUT2D eigenvalue weighted by atomic mass is 32.2. The van der Waals surface area contributed by atoms with E-state index >= 15 is 0 Å². The molecule has 2 aromatic rings. The highest BCUT2D eigenvalue weighted by molar-refractivity contribution is 8.04. The third-order valence-corrected chi connectivity index (χ3v) is 6.48. The van der Waals surface area contributed by atoms with E-state index in [9.17, 15) is 9.59 Å². The van der Waals surface area contributed by atoms with E-state index in [-0.39, 0.29) is 17.8 Å². The normalized spacial score (nSPS) is 18.1. The second-order valence-electron chi connectivity index (χ2n) is 8.83. The second-order valence-corrected chi connectivity index (χ2v) is 9.90. The number of nitrogens with one attached hydrogen (secondary N) is 1.